The van der Waals surface area contributed by atoms with Crippen molar-refractivity contribution >= 4 is 16.7 Å². The normalized spacial score (nSPS) is 11.1. The zero-order chi connectivity index (χ0) is 13.6. The molecule has 0 fully saturated rings. The minimum atomic E-state index is -0.0584. The average molecular weight is 253 g/mol. The molecule has 96 valence electrons. The fraction of sp³-hybridized carbons (Fsp3) is 0.188. The van der Waals surface area contributed by atoms with Crippen molar-refractivity contribution < 1.29 is 9.21 Å². The Morgan fingerprint density at radius 3 is 2.68 bits per heavy atom. The number of furan rings is 1. The molecule has 0 amide bonds. The molecule has 3 aromatic rings. The zero-order valence-electron chi connectivity index (χ0n) is 11.2. The van der Waals surface area contributed by atoms with Gasteiger partial charge in [-0.25, -0.2) is 0 Å². The number of rotatable bonds is 2. The Labute approximate surface area is 111 Å². The van der Waals surface area contributed by atoms with Crippen molar-refractivity contribution in [3.05, 3.63) is 59.2 Å². The van der Waals surface area contributed by atoms with Crippen LogP contribution in [0.1, 0.15) is 27.2 Å². The molecular weight excluding hydrogens is 238 g/mol. The van der Waals surface area contributed by atoms with E-state index in [1.165, 1.54) is 5.56 Å². The molecule has 3 heteroatoms. The first kappa shape index (κ1) is 11.8. The van der Waals surface area contributed by atoms with Gasteiger partial charge < -0.3 is 8.98 Å². The van der Waals surface area contributed by atoms with Crippen LogP contribution in [-0.2, 0) is 7.05 Å². The molecule has 0 aliphatic heterocycles. The molecule has 0 aliphatic carbocycles. The van der Waals surface area contributed by atoms with Gasteiger partial charge in [0.05, 0.1) is 11.8 Å². The van der Waals surface area contributed by atoms with Crippen LogP contribution in [0.4, 0.5) is 0 Å². The first-order chi connectivity index (χ1) is 9.08. The molecular formula is C16H15NO2. The average Bonchev–Trinajstić information content (AvgIpc) is 2.94. The number of ketones is 1. The van der Waals surface area contributed by atoms with Crippen LogP contribution in [0.15, 0.2) is 41.1 Å². The number of carbonyl (C=O) groups excluding carboxylic acids is 1. The van der Waals surface area contributed by atoms with Gasteiger partial charge in [0.1, 0.15) is 0 Å². The molecule has 2 aromatic heterocycles. The molecule has 0 saturated carbocycles. The van der Waals surface area contributed by atoms with Crippen LogP contribution in [0, 0.1) is 13.8 Å². The summed E-state index contributed by atoms with van der Waals surface area (Å²) in [5.74, 6) is 0.366. The van der Waals surface area contributed by atoms with E-state index in [-0.39, 0.29) is 5.78 Å². The van der Waals surface area contributed by atoms with Crippen LogP contribution in [-0.4, -0.2) is 10.4 Å². The summed E-state index contributed by atoms with van der Waals surface area (Å²) in [6, 6.07) is 7.91. The minimum absolute atomic E-state index is 0.0584. The van der Waals surface area contributed by atoms with Crippen LogP contribution in [0.3, 0.4) is 0 Å². The van der Waals surface area contributed by atoms with Crippen LogP contribution in [0.5, 0.6) is 0 Å². The van der Waals surface area contributed by atoms with Crippen molar-refractivity contribution in [2.45, 2.75) is 13.8 Å². The SMILES string of the molecule is Cc1ccc2c(C(=O)c3occc3C)cn(C)c2c1. The van der Waals surface area contributed by atoms with Crippen LogP contribution >= 0.6 is 0 Å². The van der Waals surface area contributed by atoms with E-state index in [1.54, 1.807) is 6.26 Å². The molecule has 0 aliphatic rings. The Morgan fingerprint density at radius 2 is 2.00 bits per heavy atom. The topological polar surface area (TPSA) is 35.1 Å². The molecule has 0 N–H and O–H groups in total. The van der Waals surface area contributed by atoms with Crippen LogP contribution in [0.2, 0.25) is 0 Å². The maximum atomic E-state index is 12.5. The highest BCUT2D eigenvalue weighted by Gasteiger charge is 2.19. The number of nitrogens with zero attached hydrogens (tertiary/aromatic N) is 1. The minimum Gasteiger partial charge on any atom is -0.461 e. The van der Waals surface area contributed by atoms with Gasteiger partial charge in [-0.2, -0.15) is 0 Å². The van der Waals surface area contributed by atoms with Crippen LogP contribution in [0.25, 0.3) is 10.9 Å². The van der Waals surface area contributed by atoms with E-state index in [2.05, 4.69) is 6.07 Å². The number of aryl methyl sites for hydroxylation is 3. The van der Waals surface area contributed by atoms with E-state index in [0.29, 0.717) is 11.3 Å². The second-order valence-corrected chi connectivity index (χ2v) is 4.94. The summed E-state index contributed by atoms with van der Waals surface area (Å²) in [5.41, 5.74) is 3.80. The molecule has 0 radical (unpaired) electrons. The Balaban J connectivity index is 2.21. The van der Waals surface area contributed by atoms with E-state index in [0.717, 1.165) is 16.5 Å². The Hall–Kier alpha value is -2.29. The van der Waals surface area contributed by atoms with E-state index >= 15 is 0 Å². The lowest BCUT2D eigenvalue weighted by atomic mass is 10.0. The third-order valence-electron chi connectivity index (χ3n) is 3.46. The molecule has 2 heterocycles. The van der Waals surface area contributed by atoms with Gasteiger partial charge in [0.2, 0.25) is 5.78 Å². The maximum Gasteiger partial charge on any atom is 0.230 e. The third-order valence-corrected chi connectivity index (χ3v) is 3.46. The number of fused-ring (bicyclic) bond motifs is 1. The molecule has 3 rings (SSSR count). The largest absolute Gasteiger partial charge is 0.461 e. The number of aromatic nitrogens is 1. The van der Waals surface area contributed by atoms with E-state index in [4.69, 9.17) is 4.42 Å². The highest BCUT2D eigenvalue weighted by molar-refractivity contribution is 6.15. The van der Waals surface area contributed by atoms with E-state index in [9.17, 15) is 4.79 Å². The summed E-state index contributed by atoms with van der Waals surface area (Å²) in [4.78, 5) is 12.5. The standard InChI is InChI=1S/C16H15NO2/c1-10-4-5-12-13(9-17(3)14(12)8-10)15(18)16-11(2)6-7-19-16/h4-9H,1-3H3. The number of hydrogen-bond donors (Lipinski definition) is 0. The van der Waals surface area contributed by atoms with Gasteiger partial charge in [-0.3, -0.25) is 4.79 Å². The summed E-state index contributed by atoms with van der Waals surface area (Å²) in [6.45, 7) is 3.93. The quantitative estimate of drug-likeness (QED) is 0.654. The van der Waals surface area contributed by atoms with Gasteiger partial charge in [0.15, 0.2) is 5.76 Å². The molecule has 0 bridgehead atoms. The number of carbonyl (C=O) groups is 1. The fourth-order valence-electron chi connectivity index (χ4n) is 2.40. The fourth-order valence-corrected chi connectivity index (χ4v) is 2.40. The molecule has 0 atom stereocenters. The van der Waals surface area contributed by atoms with Gasteiger partial charge in [-0.05, 0) is 37.1 Å². The molecule has 19 heavy (non-hydrogen) atoms. The van der Waals surface area contributed by atoms with Crippen molar-refractivity contribution in [2.75, 3.05) is 0 Å². The van der Waals surface area contributed by atoms with Crippen molar-refractivity contribution in [1.29, 1.82) is 0 Å². The number of benzene rings is 1. The molecule has 0 saturated heterocycles. The Kier molecular flexibility index (Phi) is 2.56. The second-order valence-electron chi connectivity index (χ2n) is 4.94. The first-order valence-electron chi connectivity index (χ1n) is 6.22. The van der Waals surface area contributed by atoms with Gasteiger partial charge in [0.25, 0.3) is 0 Å². The summed E-state index contributed by atoms with van der Waals surface area (Å²) in [7, 11) is 1.95. The van der Waals surface area contributed by atoms with E-state index in [1.807, 2.05) is 49.9 Å². The Bertz CT molecular complexity index is 777. The smallest absolute Gasteiger partial charge is 0.230 e. The highest BCUT2D eigenvalue weighted by Crippen LogP contribution is 2.25. The molecule has 3 nitrogen and oxygen atoms in total. The summed E-state index contributed by atoms with van der Waals surface area (Å²) in [6.07, 6.45) is 3.42. The van der Waals surface area contributed by atoms with Crippen molar-refractivity contribution in [2.24, 2.45) is 7.05 Å². The van der Waals surface area contributed by atoms with Crippen molar-refractivity contribution in [1.82, 2.24) is 4.57 Å². The molecule has 0 unspecified atom stereocenters. The summed E-state index contributed by atoms with van der Waals surface area (Å²) in [5, 5.41) is 0.967. The van der Waals surface area contributed by atoms with Gasteiger partial charge in [0, 0.05) is 24.1 Å². The predicted molar refractivity (Wildman–Crippen MR) is 74.5 cm³/mol. The molecule has 0 spiro atoms. The summed E-state index contributed by atoms with van der Waals surface area (Å²) < 4.78 is 7.28. The lowest BCUT2D eigenvalue weighted by molar-refractivity contribution is 0.101. The summed E-state index contributed by atoms with van der Waals surface area (Å²) >= 11 is 0. The maximum absolute atomic E-state index is 12.5. The highest BCUT2D eigenvalue weighted by atomic mass is 16.3. The Morgan fingerprint density at radius 1 is 1.21 bits per heavy atom. The first-order valence-corrected chi connectivity index (χ1v) is 6.22. The lowest BCUT2D eigenvalue weighted by Gasteiger charge is -1.98. The molecule has 1 aromatic carbocycles. The van der Waals surface area contributed by atoms with Crippen molar-refractivity contribution in [3.63, 3.8) is 0 Å². The van der Waals surface area contributed by atoms with Gasteiger partial charge in [-0.15, -0.1) is 0 Å². The van der Waals surface area contributed by atoms with E-state index < -0.39 is 0 Å². The second kappa shape index (κ2) is 4.12. The number of hydrogen-bond acceptors (Lipinski definition) is 2. The zero-order valence-corrected chi connectivity index (χ0v) is 11.2. The van der Waals surface area contributed by atoms with Crippen LogP contribution < -0.4 is 0 Å². The predicted octanol–water partition coefficient (Wildman–Crippen LogP) is 3.62. The lowest BCUT2D eigenvalue weighted by Crippen LogP contribution is -2.00. The van der Waals surface area contributed by atoms with Crippen molar-refractivity contribution in [3.8, 4) is 0 Å². The van der Waals surface area contributed by atoms with Gasteiger partial charge in [-0.1, -0.05) is 12.1 Å². The van der Waals surface area contributed by atoms with Gasteiger partial charge >= 0.3 is 0 Å². The third kappa shape index (κ3) is 1.78. The monoisotopic (exact) mass is 253 g/mol.